The lowest BCUT2D eigenvalue weighted by atomic mass is 10.1. The van der Waals surface area contributed by atoms with Gasteiger partial charge in [-0.2, -0.15) is 0 Å². The number of esters is 1. The average molecular weight is 290 g/mol. The second-order valence-corrected chi connectivity index (χ2v) is 4.78. The largest absolute Gasteiger partial charge is 0.504 e. The number of benzene rings is 2. The van der Waals surface area contributed by atoms with E-state index in [9.17, 15) is 9.90 Å². The van der Waals surface area contributed by atoms with Crippen molar-refractivity contribution in [2.75, 3.05) is 0 Å². The van der Waals surface area contributed by atoms with Crippen molar-refractivity contribution >= 4 is 17.6 Å². The van der Waals surface area contributed by atoms with Crippen LogP contribution in [0.25, 0.3) is 11.6 Å². The van der Waals surface area contributed by atoms with Crippen LogP contribution in [0.5, 0.6) is 0 Å². The van der Waals surface area contributed by atoms with Crippen LogP contribution >= 0.6 is 0 Å². The second kappa shape index (κ2) is 6.14. The van der Waals surface area contributed by atoms with Gasteiger partial charge in [-0.1, -0.05) is 72.8 Å². The highest BCUT2D eigenvalue weighted by molar-refractivity contribution is 6.20. The highest BCUT2D eigenvalue weighted by Gasteiger charge is 2.30. The third kappa shape index (κ3) is 2.83. The molecule has 0 aromatic heterocycles. The van der Waals surface area contributed by atoms with Crippen LogP contribution in [0.1, 0.15) is 11.1 Å². The van der Waals surface area contributed by atoms with E-state index in [0.717, 1.165) is 5.56 Å². The molecule has 3 heteroatoms. The Balaban J connectivity index is 1.87. The molecule has 2 aromatic rings. The van der Waals surface area contributed by atoms with E-state index < -0.39 is 5.97 Å². The van der Waals surface area contributed by atoms with E-state index in [1.807, 2.05) is 42.5 Å². The van der Waals surface area contributed by atoms with Gasteiger partial charge in [0.2, 0.25) is 0 Å². The van der Waals surface area contributed by atoms with Gasteiger partial charge in [-0.05, 0) is 17.2 Å². The monoisotopic (exact) mass is 290 g/mol. The maximum Gasteiger partial charge on any atom is 0.348 e. The predicted octanol–water partition coefficient (Wildman–Crippen LogP) is 4.11. The molecule has 0 saturated carbocycles. The van der Waals surface area contributed by atoms with Gasteiger partial charge in [-0.25, -0.2) is 4.79 Å². The quantitative estimate of drug-likeness (QED) is 0.865. The minimum Gasteiger partial charge on any atom is -0.504 e. The Bertz CT molecular complexity index is 769. The number of ether oxygens (including phenoxy) is 1. The molecular weight excluding hydrogens is 276 g/mol. The zero-order chi connectivity index (χ0) is 15.4. The number of allylic oxidation sites excluding steroid dienone is 2. The third-order valence-corrected chi connectivity index (χ3v) is 3.28. The molecule has 0 unspecified atom stereocenters. The standard InChI is InChI=1S/C19H14O3/c20-18-16(13-7-10-14-8-3-1-4-9-14)22-19(21)17(18)15-11-5-2-6-12-15/h1-13,20H/b10-7+,16-13+. The first kappa shape index (κ1) is 13.9. The van der Waals surface area contributed by atoms with Gasteiger partial charge in [-0.15, -0.1) is 0 Å². The van der Waals surface area contributed by atoms with Gasteiger partial charge in [0.15, 0.2) is 11.5 Å². The fraction of sp³-hybridized carbons (Fsp3) is 0. The Labute approximate surface area is 128 Å². The van der Waals surface area contributed by atoms with Crippen LogP contribution in [-0.4, -0.2) is 11.1 Å². The first-order valence-electron chi connectivity index (χ1n) is 6.90. The summed E-state index contributed by atoms with van der Waals surface area (Å²) in [7, 11) is 0. The number of cyclic esters (lactones) is 1. The highest BCUT2D eigenvalue weighted by Crippen LogP contribution is 2.31. The van der Waals surface area contributed by atoms with Crippen LogP contribution in [-0.2, 0) is 9.53 Å². The molecule has 0 spiro atoms. The Morgan fingerprint density at radius 1 is 0.909 bits per heavy atom. The maximum atomic E-state index is 11.9. The van der Waals surface area contributed by atoms with Gasteiger partial charge in [0.05, 0.1) is 0 Å². The molecule has 1 aliphatic rings. The van der Waals surface area contributed by atoms with Crippen LogP contribution in [0, 0.1) is 0 Å². The molecule has 0 amide bonds. The van der Waals surface area contributed by atoms with E-state index in [1.54, 1.807) is 36.4 Å². The Morgan fingerprint density at radius 3 is 2.23 bits per heavy atom. The van der Waals surface area contributed by atoms with Crippen LogP contribution in [0.3, 0.4) is 0 Å². The Morgan fingerprint density at radius 2 is 1.55 bits per heavy atom. The van der Waals surface area contributed by atoms with Crippen LogP contribution in [0.15, 0.2) is 84.3 Å². The first-order chi connectivity index (χ1) is 10.8. The SMILES string of the molecule is O=C1O/C(=C/C=C/c2ccccc2)C(O)=C1c1ccccc1. The van der Waals surface area contributed by atoms with Crippen molar-refractivity contribution in [3.05, 3.63) is 95.5 Å². The summed E-state index contributed by atoms with van der Waals surface area (Å²) in [4.78, 5) is 11.9. The normalized spacial score (nSPS) is 16.5. The lowest BCUT2D eigenvalue weighted by Gasteiger charge is -1.97. The summed E-state index contributed by atoms with van der Waals surface area (Å²) < 4.78 is 5.13. The van der Waals surface area contributed by atoms with Crippen LogP contribution in [0.4, 0.5) is 0 Å². The summed E-state index contributed by atoms with van der Waals surface area (Å²) in [6, 6.07) is 18.7. The fourth-order valence-electron chi connectivity index (χ4n) is 2.20. The van der Waals surface area contributed by atoms with E-state index in [0.29, 0.717) is 5.56 Å². The number of aliphatic hydroxyl groups excluding tert-OH is 1. The first-order valence-corrected chi connectivity index (χ1v) is 6.90. The van der Waals surface area contributed by atoms with Gasteiger partial charge in [0.25, 0.3) is 0 Å². The zero-order valence-corrected chi connectivity index (χ0v) is 11.8. The number of hydrogen-bond donors (Lipinski definition) is 1. The minimum atomic E-state index is -0.539. The number of hydrogen-bond acceptors (Lipinski definition) is 3. The van der Waals surface area contributed by atoms with Crippen molar-refractivity contribution in [1.29, 1.82) is 0 Å². The van der Waals surface area contributed by atoms with E-state index in [-0.39, 0.29) is 17.1 Å². The fourth-order valence-corrected chi connectivity index (χ4v) is 2.20. The molecule has 2 aromatic carbocycles. The van der Waals surface area contributed by atoms with Crippen molar-refractivity contribution in [1.82, 2.24) is 0 Å². The van der Waals surface area contributed by atoms with E-state index >= 15 is 0 Å². The molecular formula is C19H14O3. The van der Waals surface area contributed by atoms with E-state index in [2.05, 4.69) is 0 Å². The summed E-state index contributed by atoms with van der Waals surface area (Å²) in [5.41, 5.74) is 1.86. The molecule has 3 rings (SSSR count). The second-order valence-electron chi connectivity index (χ2n) is 4.78. The average Bonchev–Trinajstić information content (AvgIpc) is 2.83. The maximum absolute atomic E-state index is 11.9. The molecule has 0 aliphatic carbocycles. The number of aliphatic hydroxyl groups is 1. The van der Waals surface area contributed by atoms with Gasteiger partial charge in [-0.3, -0.25) is 0 Å². The van der Waals surface area contributed by atoms with E-state index in [4.69, 9.17) is 4.74 Å². The van der Waals surface area contributed by atoms with Crippen LogP contribution < -0.4 is 0 Å². The molecule has 1 heterocycles. The molecule has 3 nitrogen and oxygen atoms in total. The third-order valence-electron chi connectivity index (χ3n) is 3.28. The molecule has 0 bridgehead atoms. The van der Waals surface area contributed by atoms with Gasteiger partial charge < -0.3 is 9.84 Å². The molecule has 108 valence electrons. The van der Waals surface area contributed by atoms with Crippen molar-refractivity contribution in [2.45, 2.75) is 0 Å². The smallest absolute Gasteiger partial charge is 0.348 e. The van der Waals surface area contributed by atoms with Crippen molar-refractivity contribution < 1.29 is 14.6 Å². The van der Waals surface area contributed by atoms with Crippen molar-refractivity contribution in [3.8, 4) is 0 Å². The summed E-state index contributed by atoms with van der Waals surface area (Å²) in [5, 5.41) is 10.2. The zero-order valence-electron chi connectivity index (χ0n) is 11.8. The summed E-state index contributed by atoms with van der Waals surface area (Å²) in [6.45, 7) is 0. The molecule has 0 radical (unpaired) electrons. The molecule has 22 heavy (non-hydrogen) atoms. The molecule has 0 fully saturated rings. The Hall–Kier alpha value is -3.07. The van der Waals surface area contributed by atoms with Gasteiger partial charge >= 0.3 is 5.97 Å². The minimum absolute atomic E-state index is 0.131. The van der Waals surface area contributed by atoms with Gasteiger partial charge in [0.1, 0.15) is 5.57 Å². The van der Waals surface area contributed by atoms with Crippen LogP contribution in [0.2, 0.25) is 0 Å². The number of carbonyl (C=O) groups excluding carboxylic acids is 1. The molecule has 1 N–H and O–H groups in total. The summed E-state index contributed by atoms with van der Waals surface area (Å²) in [6.07, 6.45) is 5.19. The lowest BCUT2D eigenvalue weighted by molar-refractivity contribution is -0.131. The topological polar surface area (TPSA) is 46.5 Å². The lowest BCUT2D eigenvalue weighted by Crippen LogP contribution is -1.97. The Kier molecular flexibility index (Phi) is 3.88. The molecule has 0 saturated heterocycles. The number of rotatable bonds is 3. The number of carbonyl (C=O) groups is 1. The van der Waals surface area contributed by atoms with E-state index in [1.165, 1.54) is 0 Å². The summed E-state index contributed by atoms with van der Waals surface area (Å²) >= 11 is 0. The molecule has 1 aliphatic heterocycles. The molecule has 0 atom stereocenters. The van der Waals surface area contributed by atoms with Crippen molar-refractivity contribution in [2.24, 2.45) is 0 Å². The summed E-state index contributed by atoms with van der Waals surface area (Å²) in [5.74, 6) is -0.506. The van der Waals surface area contributed by atoms with Crippen molar-refractivity contribution in [3.63, 3.8) is 0 Å². The van der Waals surface area contributed by atoms with Gasteiger partial charge in [0, 0.05) is 0 Å². The predicted molar refractivity (Wildman–Crippen MR) is 85.6 cm³/mol. The highest BCUT2D eigenvalue weighted by atomic mass is 16.6.